The number of aliphatic hydroxyl groups excluding tert-OH is 1. The zero-order valence-electron chi connectivity index (χ0n) is 16.0. The van der Waals surface area contributed by atoms with Crippen molar-refractivity contribution in [2.75, 3.05) is 13.1 Å². The number of aliphatic imine (C=N–C) groups is 1. The molecule has 2 rings (SSSR count). The number of hydrogen-bond acceptors (Lipinski definition) is 3. The van der Waals surface area contributed by atoms with Crippen molar-refractivity contribution in [2.45, 2.75) is 72.1 Å². The van der Waals surface area contributed by atoms with E-state index in [0.29, 0.717) is 12.0 Å². The van der Waals surface area contributed by atoms with Crippen molar-refractivity contribution in [1.29, 1.82) is 0 Å². The molecule has 7 heteroatoms. The number of aryl methyl sites for hydroxylation is 2. The summed E-state index contributed by atoms with van der Waals surface area (Å²) >= 11 is 0. The highest BCUT2D eigenvalue weighted by atomic mass is 127. The van der Waals surface area contributed by atoms with E-state index in [1.165, 1.54) is 5.69 Å². The summed E-state index contributed by atoms with van der Waals surface area (Å²) in [4.78, 5) is 4.75. The third kappa shape index (κ3) is 7.52. The predicted molar refractivity (Wildman–Crippen MR) is 114 cm³/mol. The van der Waals surface area contributed by atoms with Gasteiger partial charge in [-0.25, -0.2) is 0 Å². The molecule has 0 spiro atoms. The van der Waals surface area contributed by atoms with Gasteiger partial charge >= 0.3 is 0 Å². The van der Waals surface area contributed by atoms with Crippen molar-refractivity contribution < 1.29 is 5.11 Å². The summed E-state index contributed by atoms with van der Waals surface area (Å²) in [6.45, 7) is 10.9. The number of aromatic nitrogens is 2. The number of aliphatic hydroxyl groups is 1. The molecule has 1 aliphatic carbocycles. The van der Waals surface area contributed by atoms with Crippen LogP contribution >= 0.6 is 24.0 Å². The molecule has 0 aliphatic heterocycles. The minimum Gasteiger partial charge on any atom is -0.393 e. The van der Waals surface area contributed by atoms with Gasteiger partial charge < -0.3 is 15.7 Å². The van der Waals surface area contributed by atoms with Crippen molar-refractivity contribution in [3.8, 4) is 0 Å². The lowest BCUT2D eigenvalue weighted by Crippen LogP contribution is -2.45. The van der Waals surface area contributed by atoms with Gasteiger partial charge in [0.05, 0.1) is 11.8 Å². The van der Waals surface area contributed by atoms with Crippen LogP contribution in [0.4, 0.5) is 0 Å². The summed E-state index contributed by atoms with van der Waals surface area (Å²) in [6.07, 6.45) is 3.65. The maximum absolute atomic E-state index is 9.62. The number of nitrogens with zero attached hydrogens (tertiary/aromatic N) is 3. The molecule has 25 heavy (non-hydrogen) atoms. The lowest BCUT2D eigenvalue weighted by molar-refractivity contribution is 0.120. The van der Waals surface area contributed by atoms with Crippen molar-refractivity contribution in [3.05, 3.63) is 17.5 Å². The number of rotatable bonds is 6. The monoisotopic (exact) mass is 463 g/mol. The van der Waals surface area contributed by atoms with E-state index in [1.54, 1.807) is 0 Å². The second-order valence-electron chi connectivity index (χ2n) is 7.08. The highest BCUT2D eigenvalue weighted by molar-refractivity contribution is 14.0. The fourth-order valence-electron chi connectivity index (χ4n) is 3.19. The first-order valence-electron chi connectivity index (χ1n) is 9.22. The molecule has 1 unspecified atom stereocenters. The zero-order chi connectivity index (χ0) is 17.5. The quantitative estimate of drug-likeness (QED) is 0.345. The van der Waals surface area contributed by atoms with E-state index in [2.05, 4.69) is 47.3 Å². The largest absolute Gasteiger partial charge is 0.393 e. The first-order valence-corrected chi connectivity index (χ1v) is 9.22. The topological polar surface area (TPSA) is 74.5 Å². The van der Waals surface area contributed by atoms with Crippen LogP contribution in [0, 0.1) is 19.8 Å². The smallest absolute Gasteiger partial charge is 0.191 e. The Morgan fingerprint density at radius 1 is 1.36 bits per heavy atom. The Morgan fingerprint density at radius 3 is 2.60 bits per heavy atom. The summed E-state index contributed by atoms with van der Waals surface area (Å²) in [5, 5.41) is 21.0. The molecule has 1 aliphatic rings. The lowest BCUT2D eigenvalue weighted by atomic mass is 9.93. The molecule has 0 aromatic carbocycles. The normalized spacial score (nSPS) is 22.2. The SMILES string of the molecule is CCNC(=NCC(C)Cn1nc(C)cc1C)NC1CCC(O)CC1.I. The third-order valence-electron chi connectivity index (χ3n) is 4.53. The van der Waals surface area contributed by atoms with E-state index < -0.39 is 0 Å². The zero-order valence-corrected chi connectivity index (χ0v) is 18.3. The molecule has 1 aromatic heterocycles. The van der Waals surface area contributed by atoms with Crippen LogP contribution in [-0.4, -0.2) is 46.1 Å². The predicted octanol–water partition coefficient (Wildman–Crippen LogP) is 2.61. The molecule has 1 heterocycles. The van der Waals surface area contributed by atoms with Crippen LogP contribution in [0.25, 0.3) is 0 Å². The van der Waals surface area contributed by atoms with Gasteiger partial charge in [-0.3, -0.25) is 9.67 Å². The Hall–Kier alpha value is -0.830. The fraction of sp³-hybridized carbons (Fsp3) is 0.778. The Kier molecular flexibility index (Phi) is 9.78. The molecular formula is C18H34IN5O. The van der Waals surface area contributed by atoms with E-state index in [-0.39, 0.29) is 30.1 Å². The van der Waals surface area contributed by atoms with Gasteiger partial charge in [0.15, 0.2) is 5.96 Å². The Morgan fingerprint density at radius 2 is 2.04 bits per heavy atom. The molecule has 1 saturated carbocycles. The molecular weight excluding hydrogens is 429 g/mol. The van der Waals surface area contributed by atoms with E-state index in [9.17, 15) is 5.11 Å². The molecule has 6 nitrogen and oxygen atoms in total. The Balaban J connectivity index is 0.00000312. The molecule has 0 radical (unpaired) electrons. The molecule has 3 N–H and O–H groups in total. The first-order chi connectivity index (χ1) is 11.5. The summed E-state index contributed by atoms with van der Waals surface area (Å²) in [5.41, 5.74) is 2.27. The molecule has 1 atom stereocenters. The number of guanidine groups is 1. The Labute approximate surface area is 168 Å². The van der Waals surface area contributed by atoms with Crippen molar-refractivity contribution >= 4 is 29.9 Å². The number of halogens is 1. The van der Waals surface area contributed by atoms with E-state index >= 15 is 0 Å². The average Bonchev–Trinajstić information content (AvgIpc) is 2.85. The van der Waals surface area contributed by atoms with Gasteiger partial charge in [0.2, 0.25) is 0 Å². The van der Waals surface area contributed by atoms with E-state index in [4.69, 9.17) is 4.99 Å². The van der Waals surface area contributed by atoms with Crippen LogP contribution in [0.1, 0.15) is 50.9 Å². The van der Waals surface area contributed by atoms with Crippen LogP contribution < -0.4 is 10.6 Å². The van der Waals surface area contributed by atoms with E-state index in [0.717, 1.165) is 57.0 Å². The summed E-state index contributed by atoms with van der Waals surface area (Å²) in [5.74, 6) is 1.31. The summed E-state index contributed by atoms with van der Waals surface area (Å²) < 4.78 is 2.07. The average molecular weight is 463 g/mol. The standard InChI is InChI=1S/C18H33N5O.HI/c1-5-19-18(21-16-6-8-17(24)9-7-16)20-11-13(2)12-23-15(4)10-14(3)22-23;/h10,13,16-17,24H,5-9,11-12H2,1-4H3,(H2,19,20,21);1H. The van der Waals surface area contributed by atoms with Gasteiger partial charge in [-0.15, -0.1) is 24.0 Å². The van der Waals surface area contributed by atoms with Gasteiger partial charge in [0, 0.05) is 31.4 Å². The van der Waals surface area contributed by atoms with E-state index in [1.807, 2.05) is 6.92 Å². The third-order valence-corrected chi connectivity index (χ3v) is 4.53. The van der Waals surface area contributed by atoms with Crippen molar-refractivity contribution in [2.24, 2.45) is 10.9 Å². The van der Waals surface area contributed by atoms with Gasteiger partial charge in [-0.2, -0.15) is 5.10 Å². The molecule has 144 valence electrons. The van der Waals surface area contributed by atoms with Crippen LogP contribution in [0.3, 0.4) is 0 Å². The van der Waals surface area contributed by atoms with Crippen molar-refractivity contribution in [3.63, 3.8) is 0 Å². The maximum atomic E-state index is 9.62. The summed E-state index contributed by atoms with van der Waals surface area (Å²) in [7, 11) is 0. The van der Waals surface area contributed by atoms with Crippen LogP contribution in [0.15, 0.2) is 11.1 Å². The maximum Gasteiger partial charge on any atom is 0.191 e. The Bertz CT molecular complexity index is 538. The molecule has 1 fully saturated rings. The second-order valence-corrected chi connectivity index (χ2v) is 7.08. The first kappa shape index (κ1) is 22.2. The van der Waals surface area contributed by atoms with Crippen molar-refractivity contribution in [1.82, 2.24) is 20.4 Å². The highest BCUT2D eigenvalue weighted by Gasteiger charge is 2.20. The number of hydrogen-bond donors (Lipinski definition) is 3. The molecule has 0 amide bonds. The molecule has 1 aromatic rings. The number of nitrogens with one attached hydrogen (secondary N) is 2. The molecule has 0 bridgehead atoms. The molecule has 0 saturated heterocycles. The van der Waals surface area contributed by atoms with Crippen LogP contribution in [0.5, 0.6) is 0 Å². The van der Waals surface area contributed by atoms with Gasteiger partial charge in [-0.1, -0.05) is 6.92 Å². The second kappa shape index (κ2) is 11.0. The highest BCUT2D eigenvalue weighted by Crippen LogP contribution is 2.18. The minimum atomic E-state index is -0.122. The van der Waals surface area contributed by atoms with Crippen LogP contribution in [0.2, 0.25) is 0 Å². The van der Waals surface area contributed by atoms with Crippen LogP contribution in [-0.2, 0) is 6.54 Å². The minimum absolute atomic E-state index is 0. The lowest BCUT2D eigenvalue weighted by Gasteiger charge is -2.27. The van der Waals surface area contributed by atoms with Gasteiger partial charge in [0.25, 0.3) is 0 Å². The van der Waals surface area contributed by atoms with Gasteiger partial charge in [-0.05, 0) is 58.4 Å². The fourth-order valence-corrected chi connectivity index (χ4v) is 3.19. The summed E-state index contributed by atoms with van der Waals surface area (Å²) in [6, 6.07) is 2.52. The van der Waals surface area contributed by atoms with Gasteiger partial charge in [0.1, 0.15) is 0 Å².